The summed E-state index contributed by atoms with van der Waals surface area (Å²) in [4.78, 5) is 21.4. The number of benzene rings is 2. The van der Waals surface area contributed by atoms with Gasteiger partial charge in [0.1, 0.15) is 17.0 Å². The average Bonchev–Trinajstić information content (AvgIpc) is 2.95. The van der Waals surface area contributed by atoms with Crippen molar-refractivity contribution < 1.29 is 21.6 Å². The fourth-order valence-corrected chi connectivity index (χ4v) is 5.49. The van der Waals surface area contributed by atoms with Gasteiger partial charge in [-0.15, -0.1) is 0 Å². The van der Waals surface area contributed by atoms with Gasteiger partial charge in [-0.2, -0.15) is 18.2 Å². The topological polar surface area (TPSA) is 119 Å². The summed E-state index contributed by atoms with van der Waals surface area (Å²) in [5.74, 6) is 0.274. The summed E-state index contributed by atoms with van der Waals surface area (Å²) in [5, 5.41) is 5.97. The summed E-state index contributed by atoms with van der Waals surface area (Å²) in [6.07, 6.45) is 0.917. The predicted octanol–water partition coefficient (Wildman–Crippen LogP) is 4.83. The predicted molar refractivity (Wildman–Crippen MR) is 163 cm³/mol. The van der Waals surface area contributed by atoms with E-state index in [2.05, 4.69) is 51.4 Å². The van der Waals surface area contributed by atoms with Crippen LogP contribution in [0, 0.1) is 0 Å². The fourth-order valence-electron chi connectivity index (χ4n) is 4.68. The first-order valence-corrected chi connectivity index (χ1v) is 15.8. The van der Waals surface area contributed by atoms with Crippen molar-refractivity contribution in [1.82, 2.24) is 29.7 Å². The van der Waals surface area contributed by atoms with E-state index in [0.717, 1.165) is 29.7 Å². The Morgan fingerprint density at radius 2 is 1.74 bits per heavy atom. The van der Waals surface area contributed by atoms with Crippen LogP contribution in [0.25, 0.3) is 11.0 Å². The van der Waals surface area contributed by atoms with Crippen LogP contribution >= 0.6 is 15.9 Å². The molecule has 2 N–H and O–H groups in total. The normalized spacial score (nSPS) is 15.0. The summed E-state index contributed by atoms with van der Waals surface area (Å²) >= 11 is 3.39. The van der Waals surface area contributed by atoms with Gasteiger partial charge < -0.3 is 15.5 Å². The van der Waals surface area contributed by atoms with E-state index < -0.39 is 21.8 Å². The minimum Gasteiger partial charge on any atom is -0.337 e. The molecule has 1 aliphatic rings. The molecule has 4 aromatic rings. The maximum absolute atomic E-state index is 14.1. The van der Waals surface area contributed by atoms with Gasteiger partial charge in [-0.1, -0.05) is 6.07 Å². The van der Waals surface area contributed by atoms with Gasteiger partial charge in [0.25, 0.3) is 0 Å². The number of hydrogen-bond acceptors (Lipinski definition) is 10. The van der Waals surface area contributed by atoms with Crippen LogP contribution in [-0.4, -0.2) is 84.7 Å². The molecule has 5 rings (SSSR count). The molecule has 1 fully saturated rings. The van der Waals surface area contributed by atoms with Crippen molar-refractivity contribution in [3.8, 4) is 0 Å². The molecule has 43 heavy (non-hydrogen) atoms. The van der Waals surface area contributed by atoms with Crippen LogP contribution in [0.5, 0.6) is 0 Å². The number of halogens is 4. The molecule has 0 amide bonds. The standard InChI is InChI=1S/C27H29BrF3N9O2S/c1-38-10-12-40(13-11-38)16-17-4-5-18(14-19(17)27(29,30)31)35-26-34-15-20(28)25(37-26)36-22-7-6-21-23(33-9-8-32-21)24(22)39(2)43(3,41)42/h4-9,14-15H,10-13,16H2,1-3H3,(H2,34,35,36,37). The quantitative estimate of drug-likeness (QED) is 0.268. The van der Waals surface area contributed by atoms with E-state index in [1.165, 1.54) is 31.7 Å². The molecule has 0 bridgehead atoms. The highest BCUT2D eigenvalue weighted by molar-refractivity contribution is 9.10. The maximum atomic E-state index is 14.1. The van der Waals surface area contributed by atoms with E-state index >= 15 is 0 Å². The molecule has 0 unspecified atom stereocenters. The third-order valence-corrected chi connectivity index (χ3v) is 8.84. The Labute approximate surface area is 255 Å². The van der Waals surface area contributed by atoms with Gasteiger partial charge in [-0.05, 0) is 52.8 Å². The monoisotopic (exact) mass is 679 g/mol. The Kier molecular flexibility index (Phi) is 8.74. The number of alkyl halides is 3. The first-order chi connectivity index (χ1) is 20.3. The number of nitrogens with zero attached hydrogens (tertiary/aromatic N) is 7. The van der Waals surface area contributed by atoms with Gasteiger partial charge in [-0.3, -0.25) is 19.2 Å². The molecule has 0 saturated carbocycles. The van der Waals surface area contributed by atoms with Crippen LogP contribution in [0.1, 0.15) is 11.1 Å². The Bertz CT molecular complexity index is 1750. The van der Waals surface area contributed by atoms with Crippen molar-refractivity contribution in [2.24, 2.45) is 0 Å². The van der Waals surface area contributed by atoms with Crippen molar-refractivity contribution in [2.75, 3.05) is 61.5 Å². The smallest absolute Gasteiger partial charge is 0.337 e. The number of rotatable bonds is 8. The Balaban J connectivity index is 1.44. The third-order valence-electron chi connectivity index (χ3n) is 7.08. The Morgan fingerprint density at radius 1 is 1.02 bits per heavy atom. The zero-order chi connectivity index (χ0) is 30.9. The first-order valence-electron chi connectivity index (χ1n) is 13.1. The highest BCUT2D eigenvalue weighted by Gasteiger charge is 2.34. The molecule has 0 spiro atoms. The van der Waals surface area contributed by atoms with Gasteiger partial charge in [0.15, 0.2) is 0 Å². The largest absolute Gasteiger partial charge is 0.416 e. The van der Waals surface area contributed by atoms with Crippen LogP contribution < -0.4 is 14.9 Å². The van der Waals surface area contributed by atoms with E-state index in [1.54, 1.807) is 18.2 Å². The summed E-state index contributed by atoms with van der Waals surface area (Å²) < 4.78 is 68.7. The number of aromatic nitrogens is 4. The molecule has 11 nitrogen and oxygen atoms in total. The summed E-state index contributed by atoms with van der Waals surface area (Å²) in [6, 6.07) is 7.43. The van der Waals surface area contributed by atoms with Gasteiger partial charge >= 0.3 is 6.18 Å². The second-order valence-electron chi connectivity index (χ2n) is 10.2. The Hall–Kier alpha value is -3.60. The maximum Gasteiger partial charge on any atom is 0.416 e. The molecule has 0 radical (unpaired) electrons. The molecular formula is C27H29BrF3N9O2S. The third kappa shape index (κ3) is 7.14. The lowest BCUT2D eigenvalue weighted by Gasteiger charge is -2.33. The van der Waals surface area contributed by atoms with Gasteiger partial charge in [0.2, 0.25) is 16.0 Å². The molecule has 3 heterocycles. The van der Waals surface area contributed by atoms with Crippen LogP contribution in [0.15, 0.2) is 53.4 Å². The molecule has 1 aliphatic heterocycles. The van der Waals surface area contributed by atoms with Crippen molar-refractivity contribution in [3.63, 3.8) is 0 Å². The number of sulfonamides is 1. The second kappa shape index (κ2) is 12.2. The molecule has 1 saturated heterocycles. The molecule has 2 aromatic heterocycles. The first kappa shape index (κ1) is 30.8. The van der Waals surface area contributed by atoms with Crippen molar-refractivity contribution in [3.05, 3.63) is 64.5 Å². The van der Waals surface area contributed by atoms with Crippen LogP contribution in [0.3, 0.4) is 0 Å². The lowest BCUT2D eigenvalue weighted by Crippen LogP contribution is -2.44. The van der Waals surface area contributed by atoms with E-state index in [-0.39, 0.29) is 35.2 Å². The zero-order valence-corrected chi connectivity index (χ0v) is 25.9. The van der Waals surface area contributed by atoms with Crippen LogP contribution in [-0.2, 0) is 22.7 Å². The van der Waals surface area contributed by atoms with E-state index in [0.29, 0.717) is 34.3 Å². The lowest BCUT2D eigenvalue weighted by molar-refractivity contribution is -0.138. The highest BCUT2D eigenvalue weighted by Crippen LogP contribution is 2.37. The van der Waals surface area contributed by atoms with Crippen LogP contribution in [0.4, 0.5) is 42.0 Å². The van der Waals surface area contributed by atoms with E-state index in [9.17, 15) is 21.6 Å². The van der Waals surface area contributed by atoms with Gasteiger partial charge in [-0.25, -0.2) is 13.4 Å². The van der Waals surface area contributed by atoms with Crippen molar-refractivity contribution >= 4 is 65.8 Å². The molecular weight excluding hydrogens is 651 g/mol. The summed E-state index contributed by atoms with van der Waals surface area (Å²) in [6.45, 7) is 3.20. The van der Waals surface area contributed by atoms with Crippen molar-refractivity contribution in [2.45, 2.75) is 12.7 Å². The molecule has 0 atom stereocenters. The SMILES string of the molecule is CN1CCN(Cc2ccc(Nc3ncc(Br)c(Nc4ccc5nccnc5c4N(C)S(C)(=O)=O)n3)cc2C(F)(F)F)CC1. The molecule has 228 valence electrons. The number of fused-ring (bicyclic) bond motifs is 1. The zero-order valence-electron chi connectivity index (χ0n) is 23.5. The number of hydrogen-bond donors (Lipinski definition) is 2. The summed E-state index contributed by atoms with van der Waals surface area (Å²) in [5.41, 5.74) is 1.08. The van der Waals surface area contributed by atoms with E-state index in [4.69, 9.17) is 0 Å². The van der Waals surface area contributed by atoms with E-state index in [1.807, 2.05) is 11.9 Å². The number of likely N-dealkylation sites (N-methyl/N-ethyl adjacent to an activating group) is 1. The average molecular weight is 681 g/mol. The van der Waals surface area contributed by atoms with Gasteiger partial charge in [0.05, 0.1) is 27.5 Å². The number of anilines is 5. The molecule has 0 aliphatic carbocycles. The minimum absolute atomic E-state index is 0.0317. The summed E-state index contributed by atoms with van der Waals surface area (Å²) in [7, 11) is -0.287. The molecule has 16 heteroatoms. The number of piperazine rings is 1. The van der Waals surface area contributed by atoms with Crippen LogP contribution in [0.2, 0.25) is 0 Å². The van der Waals surface area contributed by atoms with Crippen molar-refractivity contribution in [1.29, 1.82) is 0 Å². The minimum atomic E-state index is -4.55. The van der Waals surface area contributed by atoms with Gasteiger partial charge in [0, 0.05) is 64.0 Å². The lowest BCUT2D eigenvalue weighted by atomic mass is 10.0. The Morgan fingerprint density at radius 3 is 2.44 bits per heavy atom. The fraction of sp³-hybridized carbons (Fsp3) is 0.333. The molecule has 2 aromatic carbocycles. The highest BCUT2D eigenvalue weighted by atomic mass is 79.9. The number of nitrogens with one attached hydrogen (secondary N) is 2. The second-order valence-corrected chi connectivity index (χ2v) is 13.1.